The highest BCUT2D eigenvalue weighted by Gasteiger charge is 1.84. The van der Waals surface area contributed by atoms with Crippen LogP contribution in [0.25, 0.3) is 0 Å². The number of hydrogen-bond acceptors (Lipinski definition) is 2. The molecule has 0 fully saturated rings. The molecule has 0 aliphatic heterocycles. The summed E-state index contributed by atoms with van der Waals surface area (Å²) in [6.45, 7) is 2.24. The number of aliphatic hydroxyl groups is 2. The summed E-state index contributed by atoms with van der Waals surface area (Å²) in [7, 11) is -0.273. The van der Waals surface area contributed by atoms with Crippen LogP contribution in [0.1, 0.15) is 0 Å². The van der Waals surface area contributed by atoms with Gasteiger partial charge in [0, 0.05) is 0 Å². The molecule has 2 N–H and O–H groups in total. The molecule has 0 saturated carbocycles. The van der Waals surface area contributed by atoms with Crippen molar-refractivity contribution in [2.75, 3.05) is 19.9 Å². The second kappa shape index (κ2) is 6.94. The third-order valence-corrected chi connectivity index (χ3v) is 2.25. The lowest BCUT2D eigenvalue weighted by molar-refractivity contribution is 0.343. The monoisotopic (exact) mass is 160 g/mol. The Labute approximate surface area is 62.6 Å². The van der Waals surface area contributed by atoms with E-state index in [2.05, 4.69) is 0 Å². The van der Waals surface area contributed by atoms with Gasteiger partial charge in [-0.25, -0.2) is 0 Å². The summed E-state index contributed by atoms with van der Waals surface area (Å²) in [6, 6.07) is 0. The Bertz CT molecular complexity index is 107. The zero-order chi connectivity index (χ0) is 7.82. The fourth-order valence-corrected chi connectivity index (χ4v) is 1.43. The molecule has 0 atom stereocenters. The molecule has 0 heterocycles. The van der Waals surface area contributed by atoms with Crippen molar-refractivity contribution in [3.05, 3.63) is 23.8 Å². The minimum Gasteiger partial charge on any atom is -0.392 e. The summed E-state index contributed by atoms with van der Waals surface area (Å²) in [5.74, 6) is 3.89. The highest BCUT2D eigenvalue weighted by Crippen LogP contribution is 2.33. The van der Waals surface area contributed by atoms with E-state index < -0.39 is 0 Å². The van der Waals surface area contributed by atoms with Crippen LogP contribution in [0.5, 0.6) is 0 Å². The maximum Gasteiger partial charge on any atom is 0.0615 e. The van der Waals surface area contributed by atoms with Crippen molar-refractivity contribution in [2.24, 2.45) is 0 Å². The largest absolute Gasteiger partial charge is 0.392 e. The second-order valence-electron chi connectivity index (χ2n) is 1.80. The van der Waals surface area contributed by atoms with Gasteiger partial charge in [0.15, 0.2) is 0 Å². The molecule has 2 nitrogen and oxygen atoms in total. The topological polar surface area (TPSA) is 40.5 Å². The molecule has 10 heavy (non-hydrogen) atoms. The first-order chi connectivity index (χ1) is 4.81. The van der Waals surface area contributed by atoms with Crippen LogP contribution in [0.3, 0.4) is 0 Å². The van der Waals surface area contributed by atoms with Crippen LogP contribution in [0, 0.1) is 0 Å². The van der Waals surface area contributed by atoms with Gasteiger partial charge in [-0.2, -0.15) is 0 Å². The van der Waals surface area contributed by atoms with Gasteiger partial charge < -0.3 is 10.2 Å². The van der Waals surface area contributed by atoms with Gasteiger partial charge in [-0.1, -0.05) is 31.7 Å². The van der Waals surface area contributed by atoms with Crippen molar-refractivity contribution in [1.82, 2.24) is 0 Å². The van der Waals surface area contributed by atoms with Crippen molar-refractivity contribution in [1.29, 1.82) is 0 Å². The Morgan fingerprint density at radius 3 is 1.80 bits per heavy atom. The molecule has 0 radical (unpaired) electrons. The maximum atomic E-state index is 8.39. The molecule has 0 aromatic heterocycles. The van der Waals surface area contributed by atoms with Crippen molar-refractivity contribution < 1.29 is 10.2 Å². The van der Waals surface area contributed by atoms with Gasteiger partial charge in [0.1, 0.15) is 0 Å². The Kier molecular flexibility index (Phi) is 6.83. The van der Waals surface area contributed by atoms with E-state index in [9.17, 15) is 0 Å². The van der Waals surface area contributed by atoms with Crippen LogP contribution in [-0.2, 0) is 0 Å². The zero-order valence-electron chi connectivity index (χ0n) is 6.07. The Morgan fingerprint density at radius 1 is 1.10 bits per heavy atom. The maximum absolute atomic E-state index is 8.39. The highest BCUT2D eigenvalue weighted by molar-refractivity contribution is 7.63. The molecule has 58 valence electrons. The first-order valence-electron chi connectivity index (χ1n) is 3.08. The lowest BCUT2D eigenvalue weighted by Crippen LogP contribution is -1.71. The first-order valence-corrected chi connectivity index (χ1v) is 5.01. The minimum atomic E-state index is -0.273. The summed E-state index contributed by atoms with van der Waals surface area (Å²) in [5, 5.41) is 16.8. The summed E-state index contributed by atoms with van der Waals surface area (Å²) in [5.41, 5.74) is 0. The molecule has 3 heteroatoms. The van der Waals surface area contributed by atoms with Crippen LogP contribution in [0.15, 0.2) is 23.8 Å². The molecule has 0 aromatic carbocycles. The number of hydrogen-bond donors (Lipinski definition) is 2. The van der Waals surface area contributed by atoms with Crippen molar-refractivity contribution in [2.45, 2.75) is 0 Å². The molecule has 0 aliphatic rings. The van der Waals surface area contributed by atoms with E-state index >= 15 is 0 Å². The van der Waals surface area contributed by atoms with Gasteiger partial charge in [0.2, 0.25) is 0 Å². The molecule has 0 aliphatic carbocycles. The zero-order valence-corrected chi connectivity index (χ0v) is 6.96. The van der Waals surface area contributed by atoms with Gasteiger partial charge in [-0.15, -0.1) is 0 Å². The molecular weight excluding hydrogens is 147 g/mol. The van der Waals surface area contributed by atoms with Crippen LogP contribution < -0.4 is 0 Å². The fraction of sp³-hybridized carbons (Fsp3) is 0.429. The predicted octanol–water partition coefficient (Wildman–Crippen LogP) is 1.11. The quantitative estimate of drug-likeness (QED) is 0.605. The normalized spacial score (nSPS) is 15.1. The van der Waals surface area contributed by atoms with Crippen molar-refractivity contribution in [3.63, 3.8) is 0 Å². The van der Waals surface area contributed by atoms with Gasteiger partial charge in [0.05, 0.1) is 13.2 Å². The third-order valence-electron chi connectivity index (χ3n) is 0.892. The average molecular weight is 160 g/mol. The summed E-state index contributed by atoms with van der Waals surface area (Å²) >= 11 is 0. The Hall–Kier alpha value is -0.170. The van der Waals surface area contributed by atoms with E-state index in [1.54, 1.807) is 12.2 Å². The lowest BCUT2D eigenvalue weighted by atomic mass is 10.7. The van der Waals surface area contributed by atoms with Gasteiger partial charge in [-0.05, 0) is 6.66 Å². The van der Waals surface area contributed by atoms with Crippen LogP contribution in [-0.4, -0.2) is 30.1 Å². The van der Waals surface area contributed by atoms with E-state index in [-0.39, 0.29) is 21.1 Å². The van der Waals surface area contributed by atoms with Crippen molar-refractivity contribution >= 4 is 7.92 Å². The second-order valence-corrected chi connectivity index (χ2v) is 3.73. The van der Waals surface area contributed by atoms with Gasteiger partial charge in [0.25, 0.3) is 0 Å². The summed E-state index contributed by atoms with van der Waals surface area (Å²) in [6.07, 6.45) is 3.43. The van der Waals surface area contributed by atoms with Crippen LogP contribution >= 0.6 is 7.92 Å². The van der Waals surface area contributed by atoms with Gasteiger partial charge in [-0.3, -0.25) is 0 Å². The molecule has 0 amide bonds. The van der Waals surface area contributed by atoms with E-state index in [4.69, 9.17) is 10.2 Å². The van der Waals surface area contributed by atoms with Crippen LogP contribution in [0.4, 0.5) is 0 Å². The molecular formula is C7H13O2P. The van der Waals surface area contributed by atoms with Gasteiger partial charge >= 0.3 is 0 Å². The first kappa shape index (κ1) is 9.83. The van der Waals surface area contributed by atoms with Crippen LogP contribution in [0.2, 0.25) is 0 Å². The van der Waals surface area contributed by atoms with E-state index in [0.717, 1.165) is 0 Å². The fourth-order valence-electron chi connectivity index (χ4n) is 0.477. The number of aliphatic hydroxyl groups excluding tert-OH is 2. The average Bonchev–Trinajstić information content (AvgIpc) is 1.97. The Balaban J connectivity index is 3.52. The van der Waals surface area contributed by atoms with Crippen molar-refractivity contribution in [3.8, 4) is 0 Å². The standard InChI is InChI=1S/C7H13O2P/c1-10(6-2-4-8)7-3-5-9/h2-3,6-9H,4-5H2,1H3. The summed E-state index contributed by atoms with van der Waals surface area (Å²) in [4.78, 5) is 0. The lowest BCUT2D eigenvalue weighted by Gasteiger charge is -1.95. The minimum absolute atomic E-state index is 0.0969. The Morgan fingerprint density at radius 2 is 1.50 bits per heavy atom. The number of rotatable bonds is 4. The van der Waals surface area contributed by atoms with E-state index in [0.29, 0.717) is 0 Å². The summed E-state index contributed by atoms with van der Waals surface area (Å²) < 4.78 is 0. The molecule has 0 saturated heterocycles. The predicted molar refractivity (Wildman–Crippen MR) is 45.3 cm³/mol. The molecule has 0 spiro atoms. The molecule has 0 unspecified atom stereocenters. The smallest absolute Gasteiger partial charge is 0.0615 e. The molecule has 0 aromatic rings. The molecule has 0 rings (SSSR count). The van der Waals surface area contributed by atoms with E-state index in [1.165, 1.54) is 0 Å². The molecule has 0 bridgehead atoms. The highest BCUT2D eigenvalue weighted by atomic mass is 31.1. The SMILES string of the molecule is CP(C=CCO)C=CCO. The third kappa shape index (κ3) is 5.96. The van der Waals surface area contributed by atoms with E-state index in [1.807, 2.05) is 18.3 Å².